The fraction of sp³-hybridized carbons (Fsp3) is 0.167. The van der Waals surface area contributed by atoms with Crippen LogP contribution in [0.25, 0.3) is 10.9 Å². The van der Waals surface area contributed by atoms with Gasteiger partial charge in [0, 0.05) is 17.0 Å². The van der Waals surface area contributed by atoms with Gasteiger partial charge in [-0.1, -0.05) is 12.1 Å². The number of aromatic amines is 1. The van der Waals surface area contributed by atoms with Crippen LogP contribution in [0.5, 0.6) is 11.5 Å². The van der Waals surface area contributed by atoms with Gasteiger partial charge in [0.15, 0.2) is 0 Å². The largest absolute Gasteiger partial charge is 0.497 e. The van der Waals surface area contributed by atoms with Crippen molar-refractivity contribution in [3.63, 3.8) is 0 Å². The quantitative estimate of drug-likeness (QED) is 0.771. The van der Waals surface area contributed by atoms with Crippen molar-refractivity contribution in [2.24, 2.45) is 0 Å². The minimum absolute atomic E-state index is 0.220. The van der Waals surface area contributed by atoms with Crippen molar-refractivity contribution in [2.75, 3.05) is 19.5 Å². The molecule has 0 saturated carbocycles. The van der Waals surface area contributed by atoms with E-state index in [1.54, 1.807) is 32.4 Å². The zero-order valence-corrected chi connectivity index (χ0v) is 13.3. The SMILES string of the molecule is COc1ccc(NC(=O)c2cc3ccc(C)cc3[nH]2)c(OC)c1. The van der Waals surface area contributed by atoms with E-state index in [9.17, 15) is 4.79 Å². The van der Waals surface area contributed by atoms with Gasteiger partial charge in [-0.05, 0) is 36.8 Å². The van der Waals surface area contributed by atoms with E-state index >= 15 is 0 Å². The summed E-state index contributed by atoms with van der Waals surface area (Å²) in [4.78, 5) is 15.6. The number of ether oxygens (including phenoxy) is 2. The first kappa shape index (κ1) is 15.0. The van der Waals surface area contributed by atoms with Crippen molar-refractivity contribution in [1.82, 2.24) is 4.98 Å². The van der Waals surface area contributed by atoms with Gasteiger partial charge in [-0.25, -0.2) is 0 Å². The molecule has 0 saturated heterocycles. The fourth-order valence-electron chi connectivity index (χ4n) is 2.45. The van der Waals surface area contributed by atoms with Gasteiger partial charge in [0.05, 0.1) is 19.9 Å². The predicted molar refractivity (Wildman–Crippen MR) is 90.5 cm³/mol. The molecule has 0 unspecified atom stereocenters. The van der Waals surface area contributed by atoms with E-state index in [1.807, 2.05) is 31.2 Å². The molecule has 0 aliphatic heterocycles. The number of aromatic nitrogens is 1. The van der Waals surface area contributed by atoms with Crippen molar-refractivity contribution >= 4 is 22.5 Å². The Hall–Kier alpha value is -2.95. The molecule has 1 heterocycles. The second kappa shape index (κ2) is 6.04. The Bertz CT molecular complexity index is 868. The summed E-state index contributed by atoms with van der Waals surface area (Å²) in [7, 11) is 3.13. The van der Waals surface area contributed by atoms with Gasteiger partial charge in [0.1, 0.15) is 17.2 Å². The summed E-state index contributed by atoms with van der Waals surface area (Å²) in [6.45, 7) is 2.02. The predicted octanol–water partition coefficient (Wildman–Crippen LogP) is 3.75. The van der Waals surface area contributed by atoms with Crippen LogP contribution < -0.4 is 14.8 Å². The topological polar surface area (TPSA) is 63.3 Å². The van der Waals surface area contributed by atoms with Gasteiger partial charge < -0.3 is 19.8 Å². The highest BCUT2D eigenvalue weighted by Gasteiger charge is 2.13. The summed E-state index contributed by atoms with van der Waals surface area (Å²) >= 11 is 0. The third-order valence-electron chi connectivity index (χ3n) is 3.68. The maximum Gasteiger partial charge on any atom is 0.272 e. The summed E-state index contributed by atoms with van der Waals surface area (Å²) in [5, 5.41) is 3.86. The molecule has 0 atom stereocenters. The molecule has 1 amide bonds. The van der Waals surface area contributed by atoms with Gasteiger partial charge in [-0.2, -0.15) is 0 Å². The number of benzene rings is 2. The molecule has 3 aromatic rings. The number of hydrogen-bond acceptors (Lipinski definition) is 3. The molecule has 0 aliphatic carbocycles. The number of rotatable bonds is 4. The van der Waals surface area contributed by atoms with Crippen molar-refractivity contribution < 1.29 is 14.3 Å². The van der Waals surface area contributed by atoms with Crippen LogP contribution in [0.3, 0.4) is 0 Å². The van der Waals surface area contributed by atoms with Gasteiger partial charge in [0.2, 0.25) is 0 Å². The molecular weight excluding hydrogens is 292 g/mol. The summed E-state index contributed by atoms with van der Waals surface area (Å²) in [6, 6.07) is 13.1. The molecular formula is C18H18N2O3. The van der Waals surface area contributed by atoms with Gasteiger partial charge in [-0.15, -0.1) is 0 Å². The highest BCUT2D eigenvalue weighted by atomic mass is 16.5. The maximum absolute atomic E-state index is 12.5. The Morgan fingerprint density at radius 2 is 1.87 bits per heavy atom. The Kier molecular flexibility index (Phi) is 3.93. The lowest BCUT2D eigenvalue weighted by molar-refractivity contribution is 0.102. The van der Waals surface area contributed by atoms with E-state index in [0.717, 1.165) is 16.5 Å². The van der Waals surface area contributed by atoms with E-state index in [4.69, 9.17) is 9.47 Å². The molecule has 0 spiro atoms. The van der Waals surface area contributed by atoms with Crippen LogP contribution in [0.4, 0.5) is 5.69 Å². The summed E-state index contributed by atoms with van der Waals surface area (Å²) in [5.41, 5.74) is 3.18. The second-order valence-corrected chi connectivity index (χ2v) is 5.29. The molecule has 0 radical (unpaired) electrons. The molecule has 23 heavy (non-hydrogen) atoms. The zero-order chi connectivity index (χ0) is 16.4. The zero-order valence-electron chi connectivity index (χ0n) is 13.3. The number of amides is 1. The second-order valence-electron chi connectivity index (χ2n) is 5.29. The van der Waals surface area contributed by atoms with Crippen LogP contribution in [-0.2, 0) is 0 Å². The minimum Gasteiger partial charge on any atom is -0.497 e. The average Bonchev–Trinajstić information content (AvgIpc) is 2.98. The van der Waals surface area contributed by atoms with E-state index in [2.05, 4.69) is 10.3 Å². The molecule has 2 aromatic carbocycles. The number of anilines is 1. The number of carbonyl (C=O) groups is 1. The van der Waals surface area contributed by atoms with Crippen molar-refractivity contribution in [1.29, 1.82) is 0 Å². The van der Waals surface area contributed by atoms with Crippen LogP contribution >= 0.6 is 0 Å². The lowest BCUT2D eigenvalue weighted by Gasteiger charge is -2.11. The molecule has 2 N–H and O–H groups in total. The van der Waals surface area contributed by atoms with Crippen molar-refractivity contribution in [3.8, 4) is 11.5 Å². The molecule has 0 bridgehead atoms. The van der Waals surface area contributed by atoms with E-state index in [0.29, 0.717) is 22.9 Å². The maximum atomic E-state index is 12.5. The first-order valence-electron chi connectivity index (χ1n) is 7.23. The highest BCUT2D eigenvalue weighted by Crippen LogP contribution is 2.29. The van der Waals surface area contributed by atoms with Crippen molar-refractivity contribution in [2.45, 2.75) is 6.92 Å². The van der Waals surface area contributed by atoms with Crippen LogP contribution in [0.15, 0.2) is 42.5 Å². The number of carbonyl (C=O) groups excluding carboxylic acids is 1. The molecule has 5 heteroatoms. The third-order valence-corrected chi connectivity index (χ3v) is 3.68. The lowest BCUT2D eigenvalue weighted by atomic mass is 10.2. The Morgan fingerprint density at radius 1 is 1.04 bits per heavy atom. The summed E-state index contributed by atoms with van der Waals surface area (Å²) in [5.74, 6) is 0.993. The minimum atomic E-state index is -0.220. The van der Waals surface area contributed by atoms with Crippen LogP contribution in [0, 0.1) is 6.92 Å². The molecule has 1 aromatic heterocycles. The number of hydrogen-bond donors (Lipinski definition) is 2. The van der Waals surface area contributed by atoms with Crippen molar-refractivity contribution in [3.05, 3.63) is 53.7 Å². The van der Waals surface area contributed by atoms with Crippen LogP contribution in [0.2, 0.25) is 0 Å². The Morgan fingerprint density at radius 3 is 2.61 bits per heavy atom. The molecule has 5 nitrogen and oxygen atoms in total. The molecule has 0 fully saturated rings. The van der Waals surface area contributed by atoms with E-state index in [-0.39, 0.29) is 5.91 Å². The van der Waals surface area contributed by atoms with E-state index in [1.165, 1.54) is 0 Å². The number of methoxy groups -OCH3 is 2. The van der Waals surface area contributed by atoms with E-state index < -0.39 is 0 Å². The normalized spacial score (nSPS) is 10.6. The first-order valence-corrected chi connectivity index (χ1v) is 7.23. The first-order chi connectivity index (χ1) is 11.1. The molecule has 0 aliphatic rings. The number of fused-ring (bicyclic) bond motifs is 1. The summed E-state index contributed by atoms with van der Waals surface area (Å²) in [6.07, 6.45) is 0. The standard InChI is InChI=1S/C18H18N2O3/c1-11-4-5-12-9-16(19-15(12)8-11)18(21)20-14-7-6-13(22-2)10-17(14)23-3/h4-10,19H,1-3H3,(H,20,21). The molecule has 3 rings (SSSR count). The van der Waals surface area contributed by atoms with Crippen LogP contribution in [-0.4, -0.2) is 25.1 Å². The smallest absolute Gasteiger partial charge is 0.272 e. The average molecular weight is 310 g/mol. The molecule has 118 valence electrons. The number of H-pyrrole nitrogens is 1. The Labute approximate surface area is 134 Å². The Balaban J connectivity index is 1.88. The fourth-order valence-corrected chi connectivity index (χ4v) is 2.45. The van der Waals surface area contributed by atoms with Gasteiger partial charge in [-0.3, -0.25) is 4.79 Å². The third kappa shape index (κ3) is 2.99. The summed E-state index contributed by atoms with van der Waals surface area (Å²) < 4.78 is 10.4. The van der Waals surface area contributed by atoms with Gasteiger partial charge >= 0.3 is 0 Å². The lowest BCUT2D eigenvalue weighted by Crippen LogP contribution is -2.13. The highest BCUT2D eigenvalue weighted by molar-refractivity contribution is 6.06. The van der Waals surface area contributed by atoms with Crippen LogP contribution in [0.1, 0.15) is 16.1 Å². The van der Waals surface area contributed by atoms with Gasteiger partial charge in [0.25, 0.3) is 5.91 Å². The number of nitrogens with one attached hydrogen (secondary N) is 2. The number of aryl methyl sites for hydroxylation is 1. The monoisotopic (exact) mass is 310 g/mol.